The topological polar surface area (TPSA) is 75.6 Å². The number of carbonyl (C=O) groups is 2. The van der Waals surface area contributed by atoms with Gasteiger partial charge in [0.25, 0.3) is 0 Å². The van der Waals surface area contributed by atoms with Crippen LogP contribution >= 0.6 is 23.1 Å². The molecule has 0 atom stereocenters. The van der Waals surface area contributed by atoms with E-state index in [1.165, 1.54) is 42.5 Å². The number of aromatic carboxylic acids is 1. The fraction of sp³-hybridized carbons (Fsp3) is 0.200. The minimum Gasteiger partial charge on any atom is -0.478 e. The maximum atomic E-state index is 11.3. The molecule has 92 valence electrons. The molecule has 0 unspecified atom stereocenters. The molecule has 0 aliphatic heterocycles. The van der Waals surface area contributed by atoms with Crippen molar-refractivity contribution < 1.29 is 19.4 Å². The Hall–Kier alpha value is -1.47. The van der Waals surface area contributed by atoms with E-state index < -0.39 is 11.9 Å². The van der Waals surface area contributed by atoms with Gasteiger partial charge in [0.05, 0.1) is 12.7 Å². The van der Waals surface area contributed by atoms with Crippen LogP contribution in [0, 0.1) is 0 Å². The van der Waals surface area contributed by atoms with Crippen molar-refractivity contribution in [3.05, 3.63) is 28.1 Å². The molecule has 0 fully saturated rings. The molecule has 17 heavy (non-hydrogen) atoms. The summed E-state index contributed by atoms with van der Waals surface area (Å²) in [5.74, 6) is -1.47. The van der Waals surface area contributed by atoms with Crippen LogP contribution in [0.5, 0.6) is 0 Å². The first-order valence-electron chi connectivity index (χ1n) is 4.50. The number of carboxylic acid groups (broad SMARTS) is 1. The Morgan fingerprint density at radius 1 is 1.59 bits per heavy atom. The third-order valence-corrected chi connectivity index (χ3v) is 3.41. The van der Waals surface area contributed by atoms with E-state index in [0.717, 1.165) is 0 Å². The van der Waals surface area contributed by atoms with Crippen LogP contribution in [0.2, 0.25) is 0 Å². The van der Waals surface area contributed by atoms with Crippen LogP contribution in [-0.2, 0) is 9.53 Å². The molecule has 0 aliphatic carbocycles. The predicted molar refractivity (Wildman–Crippen MR) is 68.5 cm³/mol. The van der Waals surface area contributed by atoms with Crippen molar-refractivity contribution in [3.63, 3.8) is 0 Å². The molecule has 0 saturated carbocycles. The zero-order valence-corrected chi connectivity index (χ0v) is 10.9. The number of nitrogens with one attached hydrogen (secondary N) is 1. The summed E-state index contributed by atoms with van der Waals surface area (Å²) >= 11 is 2.47. The Balaban J connectivity index is 2.84. The average molecular weight is 273 g/mol. The van der Waals surface area contributed by atoms with Gasteiger partial charge in [-0.25, -0.2) is 9.59 Å². The number of ether oxygens (including phenoxy) is 1. The third kappa shape index (κ3) is 3.50. The monoisotopic (exact) mass is 273 g/mol. The van der Waals surface area contributed by atoms with Crippen molar-refractivity contribution >= 4 is 40.0 Å². The minimum absolute atomic E-state index is 0.177. The van der Waals surface area contributed by atoms with Crippen LogP contribution in [0.1, 0.15) is 10.4 Å². The van der Waals surface area contributed by atoms with E-state index in [9.17, 15) is 9.59 Å². The van der Waals surface area contributed by atoms with Gasteiger partial charge in [0.15, 0.2) is 0 Å². The van der Waals surface area contributed by atoms with E-state index >= 15 is 0 Å². The maximum Gasteiger partial charge on any atom is 0.345 e. The third-order valence-electron chi connectivity index (χ3n) is 1.84. The molecule has 0 saturated heterocycles. The smallest absolute Gasteiger partial charge is 0.345 e. The number of esters is 1. The summed E-state index contributed by atoms with van der Waals surface area (Å²) in [5.41, 5.74) is 0.177. The largest absolute Gasteiger partial charge is 0.478 e. The van der Waals surface area contributed by atoms with Gasteiger partial charge < -0.3 is 15.2 Å². The quantitative estimate of drug-likeness (QED) is 0.633. The molecule has 0 bridgehead atoms. The van der Waals surface area contributed by atoms with E-state index in [1.807, 2.05) is 0 Å². The Morgan fingerprint density at radius 3 is 2.82 bits per heavy atom. The van der Waals surface area contributed by atoms with Gasteiger partial charge >= 0.3 is 11.9 Å². The highest BCUT2D eigenvalue weighted by Gasteiger charge is 2.12. The number of thioether (sulfide) groups is 1. The molecular formula is C10H11NO4S2. The standard InChI is InChI=1S/C10H11NO4S2/c1-15-10(14)7(16-2)5-11-8-6(9(12)13)3-4-17-8/h3-5,11H,1-2H3,(H,12,13)/b7-5-. The summed E-state index contributed by atoms with van der Waals surface area (Å²) in [6.45, 7) is 0. The van der Waals surface area contributed by atoms with E-state index in [0.29, 0.717) is 9.91 Å². The van der Waals surface area contributed by atoms with Gasteiger partial charge in [-0.15, -0.1) is 23.1 Å². The maximum absolute atomic E-state index is 11.3. The van der Waals surface area contributed by atoms with E-state index in [-0.39, 0.29) is 5.56 Å². The normalized spacial score (nSPS) is 11.1. The second kappa shape index (κ2) is 6.31. The fourth-order valence-corrected chi connectivity index (χ4v) is 2.20. The first-order chi connectivity index (χ1) is 8.10. The number of methoxy groups -OCH3 is 1. The first kappa shape index (κ1) is 13.6. The average Bonchev–Trinajstić information content (AvgIpc) is 2.77. The van der Waals surface area contributed by atoms with Crippen LogP contribution in [0.4, 0.5) is 5.00 Å². The van der Waals surface area contributed by atoms with Gasteiger partial charge in [-0.05, 0) is 17.7 Å². The molecule has 0 aromatic carbocycles. The highest BCUT2D eigenvalue weighted by Crippen LogP contribution is 2.24. The van der Waals surface area contributed by atoms with Gasteiger partial charge in [-0.2, -0.15) is 0 Å². The van der Waals surface area contributed by atoms with Gasteiger partial charge in [0, 0.05) is 6.20 Å². The highest BCUT2D eigenvalue weighted by molar-refractivity contribution is 8.03. The summed E-state index contributed by atoms with van der Waals surface area (Å²) in [7, 11) is 1.29. The molecule has 0 radical (unpaired) electrons. The number of hydrogen-bond acceptors (Lipinski definition) is 6. The van der Waals surface area contributed by atoms with Gasteiger partial charge in [-0.1, -0.05) is 0 Å². The lowest BCUT2D eigenvalue weighted by atomic mass is 10.3. The molecule has 2 N–H and O–H groups in total. The molecule has 1 aromatic heterocycles. The molecule has 0 aliphatic rings. The molecule has 0 amide bonds. The summed E-state index contributed by atoms with van der Waals surface area (Å²) in [5, 5.41) is 13.8. The fourth-order valence-electron chi connectivity index (χ4n) is 1.02. The minimum atomic E-state index is -1.01. The lowest BCUT2D eigenvalue weighted by Gasteiger charge is -2.03. The summed E-state index contributed by atoms with van der Waals surface area (Å²) in [6.07, 6.45) is 3.17. The van der Waals surface area contributed by atoms with Crippen LogP contribution in [0.25, 0.3) is 0 Å². The van der Waals surface area contributed by atoms with Crippen molar-refractivity contribution in [2.45, 2.75) is 0 Å². The SMILES string of the molecule is COC(=O)/C(=C/Nc1sccc1C(=O)O)SC. The van der Waals surface area contributed by atoms with Crippen molar-refractivity contribution in [2.24, 2.45) is 0 Å². The molecule has 0 spiro atoms. The van der Waals surface area contributed by atoms with Crippen molar-refractivity contribution in [1.29, 1.82) is 0 Å². The Morgan fingerprint density at radius 2 is 2.29 bits per heavy atom. The van der Waals surface area contributed by atoms with Gasteiger partial charge in [-0.3, -0.25) is 0 Å². The van der Waals surface area contributed by atoms with E-state index in [2.05, 4.69) is 10.1 Å². The van der Waals surface area contributed by atoms with E-state index in [4.69, 9.17) is 5.11 Å². The molecule has 1 heterocycles. The molecule has 1 aromatic rings. The predicted octanol–water partition coefficient (Wildman–Crippen LogP) is 2.24. The van der Waals surface area contributed by atoms with Crippen molar-refractivity contribution in [3.8, 4) is 0 Å². The zero-order chi connectivity index (χ0) is 12.8. The lowest BCUT2D eigenvalue weighted by molar-refractivity contribution is -0.135. The second-order valence-electron chi connectivity index (χ2n) is 2.82. The Kier molecular flexibility index (Phi) is 5.05. The summed E-state index contributed by atoms with van der Waals surface area (Å²) in [4.78, 5) is 22.5. The summed E-state index contributed by atoms with van der Waals surface area (Å²) < 4.78 is 4.57. The number of rotatable bonds is 5. The van der Waals surface area contributed by atoms with Crippen LogP contribution in [0.3, 0.4) is 0 Å². The summed E-state index contributed by atoms with van der Waals surface area (Å²) in [6, 6.07) is 1.50. The number of anilines is 1. The number of carbonyl (C=O) groups excluding carboxylic acids is 1. The molecule has 7 heteroatoms. The number of carboxylic acids is 1. The van der Waals surface area contributed by atoms with Crippen LogP contribution < -0.4 is 5.32 Å². The highest BCUT2D eigenvalue weighted by atomic mass is 32.2. The number of thiophene rings is 1. The molecule has 5 nitrogen and oxygen atoms in total. The second-order valence-corrected chi connectivity index (χ2v) is 4.58. The number of hydrogen-bond donors (Lipinski definition) is 2. The zero-order valence-electron chi connectivity index (χ0n) is 9.22. The Bertz CT molecular complexity index is 453. The Labute approximate surface area is 106 Å². The van der Waals surface area contributed by atoms with Gasteiger partial charge in [0.2, 0.25) is 0 Å². The van der Waals surface area contributed by atoms with Crippen LogP contribution in [-0.4, -0.2) is 30.4 Å². The van der Waals surface area contributed by atoms with Crippen molar-refractivity contribution in [2.75, 3.05) is 18.7 Å². The van der Waals surface area contributed by atoms with Crippen LogP contribution in [0.15, 0.2) is 22.6 Å². The first-order valence-corrected chi connectivity index (χ1v) is 6.60. The molecular weight excluding hydrogens is 262 g/mol. The lowest BCUT2D eigenvalue weighted by Crippen LogP contribution is -2.04. The molecule has 1 rings (SSSR count). The van der Waals surface area contributed by atoms with Gasteiger partial charge in [0.1, 0.15) is 9.91 Å². The van der Waals surface area contributed by atoms with E-state index in [1.54, 1.807) is 11.6 Å². The van der Waals surface area contributed by atoms with Crippen molar-refractivity contribution in [1.82, 2.24) is 0 Å².